The number of H-pyrrole nitrogens is 2. The van der Waals surface area contributed by atoms with Crippen molar-refractivity contribution in [3.05, 3.63) is 36.4 Å². The Morgan fingerprint density at radius 1 is 0.950 bits per heavy atom. The summed E-state index contributed by atoms with van der Waals surface area (Å²) < 4.78 is 0. The summed E-state index contributed by atoms with van der Waals surface area (Å²) in [7, 11) is 0. The minimum Gasteiger partial charge on any atom is -0.480 e. The van der Waals surface area contributed by atoms with Gasteiger partial charge in [-0.3, -0.25) is 19.4 Å². The highest BCUT2D eigenvalue weighted by atomic mass is 16.4. The molecule has 40 heavy (non-hydrogen) atoms. The quantitative estimate of drug-likeness (QED) is 0.0575. The molecule has 0 saturated heterocycles. The first kappa shape index (κ1) is 31.7. The maximum absolute atomic E-state index is 13.4. The zero-order valence-electron chi connectivity index (χ0n) is 22.6. The van der Waals surface area contributed by atoms with Gasteiger partial charge in [-0.15, -0.1) is 0 Å². The van der Waals surface area contributed by atoms with Crippen molar-refractivity contribution in [3.8, 4) is 0 Å². The minimum absolute atomic E-state index is 0.0474. The molecule has 0 aliphatic carbocycles. The molecule has 2 rings (SSSR count). The number of aromatic amines is 2. The van der Waals surface area contributed by atoms with Gasteiger partial charge in [-0.2, -0.15) is 0 Å². The van der Waals surface area contributed by atoms with E-state index < -0.39 is 47.9 Å². The molecule has 5 atom stereocenters. The summed E-state index contributed by atoms with van der Waals surface area (Å²) in [5.41, 5.74) is 17.8. The maximum atomic E-state index is 13.4. The molecule has 0 bridgehead atoms. The second kappa shape index (κ2) is 15.8. The normalized spacial score (nSPS) is 14.7. The van der Waals surface area contributed by atoms with Crippen molar-refractivity contribution in [2.75, 3.05) is 6.54 Å². The topological polar surface area (TPSA) is 272 Å². The van der Waals surface area contributed by atoms with Crippen LogP contribution in [0.2, 0.25) is 0 Å². The molecule has 2 heterocycles. The molecule has 0 aliphatic heterocycles. The van der Waals surface area contributed by atoms with Crippen molar-refractivity contribution in [3.63, 3.8) is 0 Å². The first-order chi connectivity index (χ1) is 19.0. The summed E-state index contributed by atoms with van der Waals surface area (Å²) in [6, 6.07) is -4.36. The number of carboxylic acid groups (broad SMARTS) is 1. The molecule has 0 aromatic carbocycles. The smallest absolute Gasteiger partial charge is 0.326 e. The Bertz CT molecular complexity index is 1120. The second-order valence-electron chi connectivity index (χ2n) is 9.45. The van der Waals surface area contributed by atoms with E-state index in [-0.39, 0.29) is 37.7 Å². The monoisotopic (exact) mass is 561 g/mol. The molecular formula is C24H39N11O5. The van der Waals surface area contributed by atoms with E-state index in [1.807, 2.05) is 6.92 Å². The van der Waals surface area contributed by atoms with Gasteiger partial charge in [-0.1, -0.05) is 20.3 Å². The lowest BCUT2D eigenvalue weighted by Gasteiger charge is -2.28. The molecule has 12 N–H and O–H groups in total. The first-order valence-corrected chi connectivity index (χ1v) is 12.9. The number of nitrogens with two attached hydrogens (primary N) is 3. The van der Waals surface area contributed by atoms with E-state index >= 15 is 0 Å². The third-order valence-corrected chi connectivity index (χ3v) is 6.30. The molecule has 0 spiro atoms. The number of carbonyl (C=O) groups excluding carboxylic acids is 3. The highest BCUT2D eigenvalue weighted by Crippen LogP contribution is 2.11. The number of aromatic nitrogens is 4. The predicted molar refractivity (Wildman–Crippen MR) is 145 cm³/mol. The zero-order valence-corrected chi connectivity index (χ0v) is 22.6. The summed E-state index contributed by atoms with van der Waals surface area (Å²) in [4.78, 5) is 68.7. The average molecular weight is 562 g/mol. The molecule has 16 heteroatoms. The van der Waals surface area contributed by atoms with Crippen molar-refractivity contribution < 1.29 is 24.3 Å². The molecule has 5 unspecified atom stereocenters. The van der Waals surface area contributed by atoms with Crippen LogP contribution in [0.15, 0.2) is 30.0 Å². The molecule has 0 fully saturated rings. The molecular weight excluding hydrogens is 522 g/mol. The van der Waals surface area contributed by atoms with Crippen LogP contribution in [0.25, 0.3) is 0 Å². The van der Waals surface area contributed by atoms with Crippen LogP contribution in [0.3, 0.4) is 0 Å². The van der Waals surface area contributed by atoms with Gasteiger partial charge < -0.3 is 48.2 Å². The number of hydrogen-bond donors (Lipinski definition) is 9. The highest BCUT2D eigenvalue weighted by molar-refractivity contribution is 5.94. The van der Waals surface area contributed by atoms with Crippen LogP contribution in [-0.2, 0) is 32.0 Å². The molecule has 3 amide bonds. The molecule has 2 aromatic rings. The van der Waals surface area contributed by atoms with E-state index in [1.54, 1.807) is 13.1 Å². The van der Waals surface area contributed by atoms with Crippen LogP contribution < -0.4 is 33.2 Å². The van der Waals surface area contributed by atoms with Crippen LogP contribution >= 0.6 is 0 Å². The number of guanidine groups is 1. The maximum Gasteiger partial charge on any atom is 0.326 e. The summed E-state index contributed by atoms with van der Waals surface area (Å²) in [5.74, 6) is -3.59. The van der Waals surface area contributed by atoms with Gasteiger partial charge in [0.25, 0.3) is 0 Å². The zero-order chi connectivity index (χ0) is 29.7. The number of aliphatic imine (C=N–C) groups is 1. The number of rotatable bonds is 17. The number of hydrogen-bond acceptors (Lipinski definition) is 8. The van der Waals surface area contributed by atoms with Gasteiger partial charge in [0.2, 0.25) is 17.7 Å². The Hall–Kier alpha value is -4.47. The molecule has 16 nitrogen and oxygen atoms in total. The fraction of sp³-hybridized carbons (Fsp3) is 0.542. The van der Waals surface area contributed by atoms with E-state index in [0.717, 1.165) is 0 Å². The molecule has 0 radical (unpaired) electrons. The number of carbonyl (C=O) groups is 4. The van der Waals surface area contributed by atoms with Crippen molar-refractivity contribution >= 4 is 29.7 Å². The predicted octanol–water partition coefficient (Wildman–Crippen LogP) is -2.12. The van der Waals surface area contributed by atoms with Crippen LogP contribution in [0.1, 0.15) is 44.5 Å². The SMILES string of the molecule is CCC(C)C(NC(=O)C(Cc1cnc[nH]1)NC(=O)C(N)Cc1cnc[nH]1)C(=O)NC(CCCN=C(N)N)C(=O)O. The first-order valence-electron chi connectivity index (χ1n) is 12.9. The van der Waals surface area contributed by atoms with Crippen molar-refractivity contribution in [2.45, 2.75) is 70.1 Å². The van der Waals surface area contributed by atoms with Crippen LogP contribution in [-0.4, -0.2) is 85.4 Å². The van der Waals surface area contributed by atoms with Crippen LogP contribution in [0.4, 0.5) is 0 Å². The third kappa shape index (κ3) is 10.4. The van der Waals surface area contributed by atoms with E-state index in [0.29, 0.717) is 24.2 Å². The Morgan fingerprint density at radius 2 is 1.55 bits per heavy atom. The number of carboxylic acids is 1. The van der Waals surface area contributed by atoms with Crippen LogP contribution in [0, 0.1) is 5.92 Å². The van der Waals surface area contributed by atoms with Gasteiger partial charge in [-0.05, 0) is 18.8 Å². The van der Waals surface area contributed by atoms with Crippen LogP contribution in [0.5, 0.6) is 0 Å². The lowest BCUT2D eigenvalue weighted by molar-refractivity contribution is -0.142. The average Bonchev–Trinajstić information content (AvgIpc) is 3.62. The number of nitrogens with one attached hydrogen (secondary N) is 5. The number of amides is 3. The second-order valence-corrected chi connectivity index (χ2v) is 9.45. The standard InChI is InChI=1S/C24H39N11O5/c1-3-13(2)19(22(38)33-17(23(39)40)5-4-6-30-24(26)27)35-21(37)18(8-15-10-29-12-32-15)34-20(36)16(25)7-14-9-28-11-31-14/h9-13,16-19H,3-8,25H2,1-2H3,(H,28,31)(H,29,32)(H,33,38)(H,34,36)(H,35,37)(H,39,40)(H4,26,27,30). The fourth-order valence-electron chi connectivity index (χ4n) is 3.81. The van der Waals surface area contributed by atoms with Gasteiger partial charge in [-0.25, -0.2) is 14.8 Å². The van der Waals surface area contributed by atoms with Gasteiger partial charge >= 0.3 is 5.97 Å². The van der Waals surface area contributed by atoms with Gasteiger partial charge in [0.15, 0.2) is 5.96 Å². The minimum atomic E-state index is -1.23. The van der Waals surface area contributed by atoms with Crippen molar-refractivity contribution in [2.24, 2.45) is 28.1 Å². The van der Waals surface area contributed by atoms with Gasteiger partial charge in [0.1, 0.15) is 18.1 Å². The van der Waals surface area contributed by atoms with Crippen molar-refractivity contribution in [1.29, 1.82) is 0 Å². The summed E-state index contributed by atoms with van der Waals surface area (Å²) in [6.07, 6.45) is 7.07. The van der Waals surface area contributed by atoms with Crippen molar-refractivity contribution in [1.82, 2.24) is 35.9 Å². The largest absolute Gasteiger partial charge is 0.480 e. The third-order valence-electron chi connectivity index (χ3n) is 6.30. The molecule has 220 valence electrons. The Labute approximate surface area is 231 Å². The van der Waals surface area contributed by atoms with E-state index in [1.165, 1.54) is 18.9 Å². The highest BCUT2D eigenvalue weighted by Gasteiger charge is 2.33. The Balaban J connectivity index is 2.14. The van der Waals surface area contributed by atoms with Gasteiger partial charge in [0, 0.05) is 43.2 Å². The Kier molecular flexibility index (Phi) is 12.6. The lowest BCUT2D eigenvalue weighted by Crippen LogP contribution is -2.59. The molecule has 0 aliphatic rings. The fourth-order valence-corrected chi connectivity index (χ4v) is 3.81. The molecule has 2 aromatic heterocycles. The summed E-state index contributed by atoms with van der Waals surface area (Å²) in [5, 5.41) is 17.4. The lowest BCUT2D eigenvalue weighted by atomic mass is 9.96. The Morgan fingerprint density at radius 3 is 2.08 bits per heavy atom. The number of nitrogens with zero attached hydrogens (tertiary/aromatic N) is 3. The molecule has 0 saturated carbocycles. The van der Waals surface area contributed by atoms with E-state index in [9.17, 15) is 24.3 Å². The number of imidazole rings is 2. The number of aliphatic carboxylic acids is 1. The van der Waals surface area contributed by atoms with Gasteiger partial charge in [0.05, 0.1) is 18.7 Å². The summed E-state index contributed by atoms with van der Waals surface area (Å²) >= 11 is 0. The van der Waals surface area contributed by atoms with E-state index in [2.05, 4.69) is 40.9 Å². The van der Waals surface area contributed by atoms with E-state index in [4.69, 9.17) is 17.2 Å². The summed E-state index contributed by atoms with van der Waals surface area (Å²) in [6.45, 7) is 3.78.